The average molecular weight is 229 g/mol. The summed E-state index contributed by atoms with van der Waals surface area (Å²) in [5.74, 6) is 0.551. The molecule has 4 heteroatoms. The zero-order valence-electron chi connectivity index (χ0n) is 8.83. The number of benzene rings is 1. The van der Waals surface area contributed by atoms with E-state index in [4.69, 9.17) is 10.5 Å². The third-order valence-electron chi connectivity index (χ3n) is 1.81. The number of hydrogen-bond acceptors (Lipinski definition) is 3. The fourth-order valence-corrected chi connectivity index (χ4v) is 1.92. The summed E-state index contributed by atoms with van der Waals surface area (Å²) in [5, 5.41) is 0. The third kappa shape index (κ3) is 4.53. The van der Waals surface area contributed by atoms with Crippen molar-refractivity contribution in [2.45, 2.75) is 18.2 Å². The summed E-state index contributed by atoms with van der Waals surface area (Å²) in [7, 11) is 0. The molecular formula is C11H16FNOS. The second-order valence-electron chi connectivity index (χ2n) is 3.14. The maximum Gasteiger partial charge on any atom is 0.125 e. The van der Waals surface area contributed by atoms with Gasteiger partial charge in [0.1, 0.15) is 5.82 Å². The van der Waals surface area contributed by atoms with Crippen molar-refractivity contribution in [2.75, 3.05) is 24.7 Å². The summed E-state index contributed by atoms with van der Waals surface area (Å²) in [6, 6.07) is 4.47. The Morgan fingerprint density at radius 2 is 2.20 bits per heavy atom. The van der Waals surface area contributed by atoms with Crippen LogP contribution in [0, 0.1) is 5.82 Å². The highest BCUT2D eigenvalue weighted by atomic mass is 32.2. The van der Waals surface area contributed by atoms with E-state index in [1.807, 2.05) is 0 Å². The van der Waals surface area contributed by atoms with Gasteiger partial charge in [0, 0.05) is 22.9 Å². The minimum atomic E-state index is -0.293. The van der Waals surface area contributed by atoms with Gasteiger partial charge < -0.3 is 10.5 Å². The summed E-state index contributed by atoms with van der Waals surface area (Å²) in [6.07, 6.45) is 1.03. The van der Waals surface area contributed by atoms with Gasteiger partial charge >= 0.3 is 0 Å². The summed E-state index contributed by atoms with van der Waals surface area (Å²) in [4.78, 5) is 0.913. The Balaban J connectivity index is 2.31. The molecule has 2 N–H and O–H groups in total. The number of nitrogens with two attached hydrogens (primary N) is 1. The van der Waals surface area contributed by atoms with Crippen LogP contribution in [0.5, 0.6) is 0 Å². The Morgan fingerprint density at radius 1 is 1.40 bits per heavy atom. The molecule has 0 spiro atoms. The summed E-state index contributed by atoms with van der Waals surface area (Å²) < 4.78 is 18.1. The fraction of sp³-hybridized carbons (Fsp3) is 0.455. The van der Waals surface area contributed by atoms with Gasteiger partial charge in [-0.2, -0.15) is 0 Å². The lowest BCUT2D eigenvalue weighted by atomic mass is 10.3. The number of nitrogen functional groups attached to an aromatic ring is 1. The number of hydrogen-bond donors (Lipinski definition) is 1. The molecule has 0 saturated carbocycles. The highest BCUT2D eigenvalue weighted by Crippen LogP contribution is 2.25. The predicted molar refractivity (Wildman–Crippen MR) is 62.6 cm³/mol. The molecule has 84 valence electrons. The first-order valence-corrected chi connectivity index (χ1v) is 5.98. The number of thioether (sulfide) groups is 1. The van der Waals surface area contributed by atoms with Crippen LogP contribution in [-0.4, -0.2) is 19.0 Å². The van der Waals surface area contributed by atoms with Crippen LogP contribution in [0.4, 0.5) is 10.1 Å². The Hall–Kier alpha value is -0.740. The van der Waals surface area contributed by atoms with E-state index < -0.39 is 0 Å². The number of ether oxygens (including phenoxy) is 1. The Labute approximate surface area is 94.0 Å². The molecule has 0 aliphatic carbocycles. The molecule has 1 aromatic carbocycles. The van der Waals surface area contributed by atoms with Gasteiger partial charge in [0.2, 0.25) is 0 Å². The van der Waals surface area contributed by atoms with Gasteiger partial charge in [0.15, 0.2) is 0 Å². The molecule has 0 heterocycles. The van der Waals surface area contributed by atoms with Gasteiger partial charge in [-0.15, -0.1) is 11.8 Å². The van der Waals surface area contributed by atoms with Gasteiger partial charge in [0.05, 0.1) is 6.61 Å². The van der Waals surface area contributed by atoms with Crippen molar-refractivity contribution in [3.8, 4) is 0 Å². The van der Waals surface area contributed by atoms with Crippen LogP contribution in [0.15, 0.2) is 23.1 Å². The maximum atomic E-state index is 12.7. The lowest BCUT2D eigenvalue weighted by molar-refractivity contribution is 0.151. The van der Waals surface area contributed by atoms with Crippen molar-refractivity contribution in [1.82, 2.24) is 0 Å². The molecule has 0 aromatic heterocycles. The molecule has 0 aliphatic rings. The second kappa shape index (κ2) is 6.69. The molecule has 0 fully saturated rings. The van der Waals surface area contributed by atoms with Crippen molar-refractivity contribution in [2.24, 2.45) is 0 Å². The van der Waals surface area contributed by atoms with E-state index in [9.17, 15) is 4.39 Å². The molecule has 0 bridgehead atoms. The Morgan fingerprint density at radius 3 is 2.87 bits per heavy atom. The van der Waals surface area contributed by atoms with E-state index in [1.54, 1.807) is 17.8 Å². The van der Waals surface area contributed by atoms with Crippen molar-refractivity contribution in [3.63, 3.8) is 0 Å². The zero-order valence-corrected chi connectivity index (χ0v) is 9.65. The molecule has 1 rings (SSSR count). The monoisotopic (exact) mass is 229 g/mol. The van der Waals surface area contributed by atoms with E-state index in [2.05, 4.69) is 6.92 Å². The largest absolute Gasteiger partial charge is 0.398 e. The molecule has 0 amide bonds. The first-order valence-electron chi connectivity index (χ1n) is 4.99. The summed E-state index contributed by atoms with van der Waals surface area (Å²) in [5.41, 5.74) is 6.16. The van der Waals surface area contributed by atoms with Crippen LogP contribution in [0.1, 0.15) is 13.3 Å². The van der Waals surface area contributed by atoms with Crippen LogP contribution in [0.3, 0.4) is 0 Å². The second-order valence-corrected chi connectivity index (χ2v) is 4.28. The smallest absolute Gasteiger partial charge is 0.125 e. The van der Waals surface area contributed by atoms with Gasteiger partial charge in [0.25, 0.3) is 0 Å². The lowest BCUT2D eigenvalue weighted by Gasteiger charge is -2.05. The van der Waals surface area contributed by atoms with Gasteiger partial charge in [-0.1, -0.05) is 6.92 Å². The summed E-state index contributed by atoms with van der Waals surface area (Å²) >= 11 is 1.59. The van der Waals surface area contributed by atoms with Crippen LogP contribution in [-0.2, 0) is 4.74 Å². The first-order chi connectivity index (χ1) is 7.24. The minimum absolute atomic E-state index is 0.293. The van der Waals surface area contributed by atoms with Crippen molar-refractivity contribution in [3.05, 3.63) is 24.0 Å². The minimum Gasteiger partial charge on any atom is -0.398 e. The van der Waals surface area contributed by atoms with E-state index in [1.165, 1.54) is 12.1 Å². The highest BCUT2D eigenvalue weighted by molar-refractivity contribution is 7.99. The molecule has 0 radical (unpaired) electrons. The van der Waals surface area contributed by atoms with Crippen molar-refractivity contribution >= 4 is 17.4 Å². The first kappa shape index (κ1) is 12.3. The highest BCUT2D eigenvalue weighted by Gasteiger charge is 2.01. The van der Waals surface area contributed by atoms with Gasteiger partial charge in [-0.3, -0.25) is 0 Å². The van der Waals surface area contributed by atoms with Crippen molar-refractivity contribution in [1.29, 1.82) is 0 Å². The Kier molecular flexibility index (Phi) is 5.50. The molecule has 0 aliphatic heterocycles. The van der Waals surface area contributed by atoms with Gasteiger partial charge in [-0.05, 0) is 24.6 Å². The number of halogens is 1. The molecule has 0 atom stereocenters. The Bertz CT molecular complexity index is 307. The van der Waals surface area contributed by atoms with E-state index in [0.717, 1.165) is 23.7 Å². The topological polar surface area (TPSA) is 35.2 Å². The van der Waals surface area contributed by atoms with Crippen molar-refractivity contribution < 1.29 is 9.13 Å². The molecule has 1 aromatic rings. The van der Waals surface area contributed by atoms with Crippen LogP contribution >= 0.6 is 11.8 Å². The predicted octanol–water partition coefficient (Wildman–Crippen LogP) is 2.93. The number of anilines is 1. The number of rotatable bonds is 6. The van der Waals surface area contributed by atoms with Crippen LogP contribution in [0.25, 0.3) is 0 Å². The van der Waals surface area contributed by atoms with E-state index in [0.29, 0.717) is 12.3 Å². The molecule has 0 saturated heterocycles. The molecular weight excluding hydrogens is 213 g/mol. The molecule has 15 heavy (non-hydrogen) atoms. The fourth-order valence-electron chi connectivity index (χ4n) is 1.11. The lowest BCUT2D eigenvalue weighted by Crippen LogP contribution is -1.98. The van der Waals surface area contributed by atoms with Crippen LogP contribution < -0.4 is 5.73 Å². The maximum absolute atomic E-state index is 12.7. The van der Waals surface area contributed by atoms with Gasteiger partial charge in [-0.25, -0.2) is 4.39 Å². The van der Waals surface area contributed by atoms with E-state index >= 15 is 0 Å². The van der Waals surface area contributed by atoms with Crippen LogP contribution in [0.2, 0.25) is 0 Å². The zero-order chi connectivity index (χ0) is 11.1. The average Bonchev–Trinajstić information content (AvgIpc) is 2.20. The third-order valence-corrected chi connectivity index (χ3v) is 2.86. The molecule has 2 nitrogen and oxygen atoms in total. The quantitative estimate of drug-likeness (QED) is 0.463. The normalized spacial score (nSPS) is 10.5. The van der Waals surface area contributed by atoms with E-state index in [-0.39, 0.29) is 5.82 Å². The standard InChI is InChI=1S/C11H16FNOS/c1-2-5-14-6-7-15-11-4-3-9(12)8-10(11)13/h3-4,8H,2,5-7,13H2,1H3. The SMILES string of the molecule is CCCOCCSc1ccc(F)cc1N. The summed E-state index contributed by atoms with van der Waals surface area (Å²) in [6.45, 7) is 3.57. The molecule has 0 unspecified atom stereocenters.